The van der Waals surface area contributed by atoms with Gasteiger partial charge in [-0.25, -0.2) is 9.13 Å². The Kier molecular flexibility index (Phi) is 9.39. The van der Waals surface area contributed by atoms with Gasteiger partial charge in [-0.1, -0.05) is 12.1 Å². The average Bonchev–Trinajstić information content (AvgIpc) is 3.19. The minimum absolute atomic E-state index is 0. The fourth-order valence-corrected chi connectivity index (χ4v) is 3.21. The molecular formula is C23H25ClN6O6. The Balaban J connectivity index is 0.00000456. The molecule has 0 atom stereocenters. The molecule has 1 aromatic heterocycles. The van der Waals surface area contributed by atoms with Crippen molar-refractivity contribution in [2.24, 2.45) is 0 Å². The molecule has 1 heterocycles. The summed E-state index contributed by atoms with van der Waals surface area (Å²) in [6.07, 6.45) is 4.73. The van der Waals surface area contributed by atoms with E-state index in [4.69, 9.17) is 0 Å². The second kappa shape index (κ2) is 12.2. The van der Waals surface area contributed by atoms with Crippen molar-refractivity contribution in [1.29, 1.82) is 0 Å². The van der Waals surface area contributed by atoms with Gasteiger partial charge in [-0.15, -0.1) is 0 Å². The molecule has 2 aromatic carbocycles. The molecule has 0 spiro atoms. The van der Waals surface area contributed by atoms with Gasteiger partial charge in [0.25, 0.3) is 11.8 Å². The summed E-state index contributed by atoms with van der Waals surface area (Å²) < 4.78 is 3.07. The number of aromatic nitrogens is 2. The molecule has 0 unspecified atom stereocenters. The number of halogens is 1. The first kappa shape index (κ1) is 27.7. The summed E-state index contributed by atoms with van der Waals surface area (Å²) in [6.45, 7) is 2.41. The molecule has 6 N–H and O–H groups in total. The van der Waals surface area contributed by atoms with Crippen molar-refractivity contribution in [3.05, 3.63) is 55.1 Å². The van der Waals surface area contributed by atoms with E-state index in [1.165, 1.54) is 47.2 Å². The Morgan fingerprint density at radius 1 is 0.778 bits per heavy atom. The number of imidazole rings is 1. The highest BCUT2D eigenvalue weighted by Gasteiger charge is 2.16. The molecule has 190 valence electrons. The van der Waals surface area contributed by atoms with Crippen LogP contribution in [0, 0.1) is 0 Å². The minimum Gasteiger partial charge on any atom is -1.00 e. The monoisotopic (exact) mass is 516 g/mol. The quantitative estimate of drug-likeness (QED) is 0.156. The normalized spacial score (nSPS) is 10.1. The van der Waals surface area contributed by atoms with E-state index < -0.39 is 11.8 Å². The number of amides is 4. The topological polar surface area (TPSA) is 166 Å². The lowest BCUT2D eigenvalue weighted by Gasteiger charge is -2.10. The van der Waals surface area contributed by atoms with Crippen LogP contribution in [0.25, 0.3) is 0 Å². The van der Waals surface area contributed by atoms with Crippen molar-refractivity contribution in [3.8, 4) is 11.5 Å². The summed E-state index contributed by atoms with van der Waals surface area (Å²) in [4.78, 5) is 47.3. The van der Waals surface area contributed by atoms with E-state index in [2.05, 4.69) is 21.3 Å². The predicted octanol–water partition coefficient (Wildman–Crippen LogP) is -1.61. The molecule has 0 fully saturated rings. The third-order valence-corrected chi connectivity index (χ3v) is 4.64. The van der Waals surface area contributed by atoms with Crippen molar-refractivity contribution < 1.29 is 46.4 Å². The van der Waals surface area contributed by atoms with Gasteiger partial charge in [0.15, 0.2) is 24.6 Å². The number of carbonyl (C=O) groups excluding carboxylic acids is 4. The van der Waals surface area contributed by atoms with Gasteiger partial charge in [-0.2, -0.15) is 0 Å². The third-order valence-electron chi connectivity index (χ3n) is 4.64. The number of hydrogen-bond acceptors (Lipinski definition) is 6. The number of phenols is 2. The van der Waals surface area contributed by atoms with E-state index in [9.17, 15) is 29.4 Å². The van der Waals surface area contributed by atoms with Crippen LogP contribution in [0.1, 0.15) is 13.8 Å². The predicted molar refractivity (Wildman–Crippen MR) is 127 cm³/mol. The van der Waals surface area contributed by atoms with Gasteiger partial charge in [0.05, 0.1) is 22.7 Å². The number of nitrogens with one attached hydrogen (secondary N) is 4. The molecule has 3 rings (SSSR count). The van der Waals surface area contributed by atoms with Gasteiger partial charge in [-0.3, -0.25) is 19.2 Å². The first-order valence-corrected chi connectivity index (χ1v) is 10.5. The molecule has 0 aliphatic rings. The molecule has 3 aromatic rings. The van der Waals surface area contributed by atoms with Crippen LogP contribution in [0.15, 0.2) is 55.1 Å². The maximum Gasteiger partial charge on any atom is 0.266 e. The SMILES string of the molecule is CC(=O)Nc1cccc(NC(=O)Cn2cc[n+](CC(=O)Nc3cccc(NC(C)=O)c3O)c2)c1O.[Cl-]. The largest absolute Gasteiger partial charge is 1.00 e. The molecule has 0 aliphatic carbocycles. The van der Waals surface area contributed by atoms with Crippen molar-refractivity contribution in [2.75, 3.05) is 21.3 Å². The van der Waals surface area contributed by atoms with Gasteiger partial charge in [0.2, 0.25) is 18.1 Å². The summed E-state index contributed by atoms with van der Waals surface area (Å²) in [5, 5.41) is 30.6. The Morgan fingerprint density at radius 3 is 1.69 bits per heavy atom. The number of hydrogen-bond donors (Lipinski definition) is 6. The molecule has 0 bridgehead atoms. The summed E-state index contributed by atoms with van der Waals surface area (Å²) in [7, 11) is 0. The maximum absolute atomic E-state index is 12.4. The zero-order valence-electron chi connectivity index (χ0n) is 19.4. The number of phenolic OH excluding ortho intramolecular Hbond substituents is 2. The number of benzene rings is 2. The molecule has 13 heteroatoms. The summed E-state index contributed by atoms with van der Waals surface area (Å²) in [5.74, 6) is -2.12. The number of anilines is 4. The molecule has 4 amide bonds. The first-order chi connectivity index (χ1) is 16.6. The van der Waals surface area contributed by atoms with Crippen LogP contribution in [0.3, 0.4) is 0 Å². The highest BCUT2D eigenvalue weighted by molar-refractivity contribution is 5.97. The second-order valence-corrected chi connectivity index (χ2v) is 7.62. The Bertz CT molecular complexity index is 1200. The van der Waals surface area contributed by atoms with E-state index >= 15 is 0 Å². The van der Waals surface area contributed by atoms with Crippen molar-refractivity contribution in [1.82, 2.24) is 4.57 Å². The van der Waals surface area contributed by atoms with E-state index in [1.54, 1.807) is 30.9 Å². The molecule has 0 radical (unpaired) electrons. The fraction of sp³-hybridized carbons (Fsp3) is 0.174. The lowest BCUT2D eigenvalue weighted by molar-refractivity contribution is -0.683. The Morgan fingerprint density at radius 2 is 1.22 bits per heavy atom. The minimum atomic E-state index is -0.438. The van der Waals surface area contributed by atoms with Crippen LogP contribution >= 0.6 is 0 Å². The van der Waals surface area contributed by atoms with Gasteiger partial charge in [0.1, 0.15) is 12.4 Å². The fourth-order valence-electron chi connectivity index (χ4n) is 3.21. The van der Waals surface area contributed by atoms with Crippen LogP contribution in [-0.4, -0.2) is 38.4 Å². The van der Waals surface area contributed by atoms with E-state index in [-0.39, 0.29) is 71.6 Å². The van der Waals surface area contributed by atoms with Gasteiger partial charge < -0.3 is 43.9 Å². The second-order valence-electron chi connectivity index (χ2n) is 7.62. The first-order valence-electron chi connectivity index (χ1n) is 10.5. The third kappa shape index (κ3) is 7.46. The number of para-hydroxylation sites is 2. The zero-order chi connectivity index (χ0) is 25.5. The average molecular weight is 517 g/mol. The molecule has 36 heavy (non-hydrogen) atoms. The standard InChI is InChI=1S/C23H24N6O6.ClH/c1-14(30)24-16-5-3-7-18(22(16)34)26-20(32)11-28-9-10-29(13-28)12-21(33)27-19-8-4-6-17(23(19)35)25-15(2)31;/h3-10,13H,11-12H2,1-2H3,(H5-,24,25,26,27,30,31,32,33,34,35);1H. The summed E-state index contributed by atoms with van der Waals surface area (Å²) in [5.41, 5.74) is 0.631. The van der Waals surface area contributed by atoms with Gasteiger partial charge in [0, 0.05) is 13.8 Å². The molecule has 0 saturated heterocycles. The van der Waals surface area contributed by atoms with Crippen molar-refractivity contribution in [2.45, 2.75) is 26.9 Å². The van der Waals surface area contributed by atoms with Crippen LogP contribution in [0.4, 0.5) is 22.7 Å². The number of aromatic hydroxyl groups is 2. The van der Waals surface area contributed by atoms with E-state index in [1.807, 2.05) is 0 Å². The van der Waals surface area contributed by atoms with Gasteiger partial charge in [-0.05, 0) is 24.3 Å². The zero-order valence-corrected chi connectivity index (χ0v) is 20.2. The summed E-state index contributed by atoms with van der Waals surface area (Å²) >= 11 is 0. The van der Waals surface area contributed by atoms with E-state index in [0.29, 0.717) is 0 Å². The number of nitrogens with zero attached hydrogens (tertiary/aromatic N) is 2. The molecular weight excluding hydrogens is 492 g/mol. The molecule has 0 saturated carbocycles. The van der Waals surface area contributed by atoms with Crippen LogP contribution in [-0.2, 0) is 32.3 Å². The van der Waals surface area contributed by atoms with Crippen molar-refractivity contribution in [3.63, 3.8) is 0 Å². The Hall–Kier alpha value is -4.58. The van der Waals surface area contributed by atoms with Gasteiger partial charge >= 0.3 is 0 Å². The van der Waals surface area contributed by atoms with Crippen molar-refractivity contribution >= 4 is 46.4 Å². The molecule has 0 aliphatic heterocycles. The Labute approximate surface area is 212 Å². The van der Waals surface area contributed by atoms with E-state index in [0.717, 1.165) is 0 Å². The van der Waals surface area contributed by atoms with Crippen LogP contribution in [0.5, 0.6) is 11.5 Å². The lowest BCUT2D eigenvalue weighted by atomic mass is 10.2. The van der Waals surface area contributed by atoms with Crippen LogP contribution < -0.4 is 38.2 Å². The number of rotatable bonds is 8. The highest BCUT2D eigenvalue weighted by Crippen LogP contribution is 2.32. The lowest BCUT2D eigenvalue weighted by Crippen LogP contribution is -3.00. The summed E-state index contributed by atoms with van der Waals surface area (Å²) in [6, 6.07) is 9.15. The smallest absolute Gasteiger partial charge is 0.266 e. The maximum atomic E-state index is 12.4. The number of carbonyl (C=O) groups is 4. The highest BCUT2D eigenvalue weighted by atomic mass is 35.5. The molecule has 12 nitrogen and oxygen atoms in total. The van der Waals surface area contributed by atoms with Crippen LogP contribution in [0.2, 0.25) is 0 Å².